The summed E-state index contributed by atoms with van der Waals surface area (Å²) >= 11 is 6.04. The average Bonchev–Trinajstić information content (AvgIpc) is 2.46. The molecule has 0 aliphatic rings. The molecule has 0 atom stereocenters. The van der Waals surface area contributed by atoms with Gasteiger partial charge in [-0.2, -0.15) is 0 Å². The van der Waals surface area contributed by atoms with Crippen LogP contribution < -0.4 is 10.0 Å². The Kier molecular flexibility index (Phi) is 5.28. The summed E-state index contributed by atoms with van der Waals surface area (Å²) < 4.78 is 24.9. The van der Waals surface area contributed by atoms with E-state index >= 15 is 0 Å². The first-order chi connectivity index (χ1) is 10.8. The van der Waals surface area contributed by atoms with Crippen LogP contribution >= 0.6 is 11.6 Å². The monoisotopic (exact) mass is 352 g/mol. The van der Waals surface area contributed by atoms with Gasteiger partial charge in [0, 0.05) is 12.2 Å². The highest BCUT2D eigenvalue weighted by Crippen LogP contribution is 2.21. The third-order valence-electron chi connectivity index (χ3n) is 3.21. The molecule has 0 radical (unpaired) electrons. The van der Waals surface area contributed by atoms with Gasteiger partial charge in [-0.05, 0) is 36.2 Å². The van der Waals surface area contributed by atoms with E-state index in [0.717, 1.165) is 17.4 Å². The lowest BCUT2D eigenvalue weighted by Gasteiger charge is -2.11. The zero-order valence-corrected chi connectivity index (χ0v) is 14.3. The van der Waals surface area contributed by atoms with Gasteiger partial charge in [0.2, 0.25) is 10.0 Å². The minimum atomic E-state index is -3.42. The summed E-state index contributed by atoms with van der Waals surface area (Å²) in [6.07, 6.45) is 1.04. The SMILES string of the molecule is Cc1ccccc1CNC(=O)c1cc(NS(C)(=O)=O)ccc1Cl. The molecule has 0 saturated carbocycles. The number of amides is 1. The van der Waals surface area contributed by atoms with Crippen molar-refractivity contribution in [1.82, 2.24) is 5.32 Å². The molecule has 23 heavy (non-hydrogen) atoms. The third-order valence-corrected chi connectivity index (χ3v) is 4.15. The van der Waals surface area contributed by atoms with Crippen molar-refractivity contribution in [2.24, 2.45) is 0 Å². The van der Waals surface area contributed by atoms with Crippen molar-refractivity contribution in [1.29, 1.82) is 0 Å². The van der Waals surface area contributed by atoms with Crippen molar-refractivity contribution < 1.29 is 13.2 Å². The van der Waals surface area contributed by atoms with E-state index in [1.54, 1.807) is 0 Å². The number of nitrogens with one attached hydrogen (secondary N) is 2. The molecule has 0 spiro atoms. The zero-order valence-electron chi connectivity index (χ0n) is 12.8. The predicted molar refractivity (Wildman–Crippen MR) is 92.3 cm³/mol. The highest BCUT2D eigenvalue weighted by Gasteiger charge is 2.13. The molecule has 0 aliphatic heterocycles. The fourth-order valence-electron chi connectivity index (χ4n) is 2.06. The minimum Gasteiger partial charge on any atom is -0.348 e. The topological polar surface area (TPSA) is 75.3 Å². The maximum atomic E-state index is 12.3. The summed E-state index contributed by atoms with van der Waals surface area (Å²) in [6.45, 7) is 2.33. The van der Waals surface area contributed by atoms with Crippen LogP contribution in [0.5, 0.6) is 0 Å². The number of halogens is 1. The number of carbonyl (C=O) groups is 1. The summed E-state index contributed by atoms with van der Waals surface area (Å²) in [5, 5.41) is 3.04. The van der Waals surface area contributed by atoms with Crippen molar-refractivity contribution in [3.8, 4) is 0 Å². The van der Waals surface area contributed by atoms with Gasteiger partial charge in [-0.1, -0.05) is 35.9 Å². The number of carbonyl (C=O) groups excluding carboxylic acids is 1. The standard InChI is InChI=1S/C16H17ClN2O3S/c1-11-5-3-4-6-12(11)10-18-16(20)14-9-13(7-8-15(14)17)19-23(2,21)22/h3-9,19H,10H2,1-2H3,(H,18,20). The molecule has 0 heterocycles. The molecule has 5 nitrogen and oxygen atoms in total. The van der Waals surface area contributed by atoms with Gasteiger partial charge in [0.05, 0.1) is 16.8 Å². The molecule has 0 bridgehead atoms. The van der Waals surface area contributed by atoms with E-state index in [9.17, 15) is 13.2 Å². The van der Waals surface area contributed by atoms with E-state index < -0.39 is 10.0 Å². The van der Waals surface area contributed by atoms with Gasteiger partial charge < -0.3 is 5.32 Å². The van der Waals surface area contributed by atoms with E-state index in [-0.39, 0.29) is 22.2 Å². The highest BCUT2D eigenvalue weighted by molar-refractivity contribution is 7.92. The molecule has 2 aromatic rings. The fraction of sp³-hybridized carbons (Fsp3) is 0.188. The number of aryl methyl sites for hydroxylation is 1. The Balaban J connectivity index is 2.15. The van der Waals surface area contributed by atoms with Crippen LogP contribution in [0, 0.1) is 6.92 Å². The van der Waals surface area contributed by atoms with Gasteiger partial charge in [-0.3, -0.25) is 9.52 Å². The molecular weight excluding hydrogens is 336 g/mol. The van der Waals surface area contributed by atoms with Crippen molar-refractivity contribution in [3.05, 3.63) is 64.2 Å². The molecule has 2 aromatic carbocycles. The van der Waals surface area contributed by atoms with Gasteiger partial charge in [0.1, 0.15) is 0 Å². The molecule has 2 N–H and O–H groups in total. The van der Waals surface area contributed by atoms with E-state index in [1.165, 1.54) is 18.2 Å². The van der Waals surface area contributed by atoms with Crippen LogP contribution in [0.25, 0.3) is 0 Å². The van der Waals surface area contributed by atoms with Crippen LogP contribution in [-0.4, -0.2) is 20.6 Å². The predicted octanol–water partition coefficient (Wildman–Crippen LogP) is 2.95. The maximum Gasteiger partial charge on any atom is 0.253 e. The number of hydrogen-bond donors (Lipinski definition) is 2. The summed E-state index contributed by atoms with van der Waals surface area (Å²) in [5.41, 5.74) is 2.58. The number of hydrogen-bond acceptors (Lipinski definition) is 3. The molecule has 0 aromatic heterocycles. The Morgan fingerprint density at radius 1 is 1.17 bits per heavy atom. The number of anilines is 1. The minimum absolute atomic E-state index is 0.217. The van der Waals surface area contributed by atoms with Gasteiger partial charge in [-0.25, -0.2) is 8.42 Å². The van der Waals surface area contributed by atoms with Gasteiger partial charge >= 0.3 is 0 Å². The van der Waals surface area contributed by atoms with Crippen molar-refractivity contribution in [2.75, 3.05) is 11.0 Å². The van der Waals surface area contributed by atoms with Crippen molar-refractivity contribution in [3.63, 3.8) is 0 Å². The lowest BCUT2D eigenvalue weighted by Crippen LogP contribution is -2.23. The van der Waals surface area contributed by atoms with Gasteiger partial charge in [0.15, 0.2) is 0 Å². The van der Waals surface area contributed by atoms with Crippen molar-refractivity contribution in [2.45, 2.75) is 13.5 Å². The Labute approximate surface area is 140 Å². The first-order valence-corrected chi connectivity index (χ1v) is 9.13. The van der Waals surface area contributed by atoms with E-state index in [1.807, 2.05) is 31.2 Å². The lowest BCUT2D eigenvalue weighted by molar-refractivity contribution is 0.0951. The summed E-state index contributed by atoms with van der Waals surface area (Å²) in [4.78, 5) is 12.3. The van der Waals surface area contributed by atoms with Crippen LogP contribution in [0.4, 0.5) is 5.69 Å². The average molecular weight is 353 g/mol. The normalized spacial score (nSPS) is 11.1. The van der Waals surface area contributed by atoms with Crippen LogP contribution in [0.1, 0.15) is 21.5 Å². The van der Waals surface area contributed by atoms with Gasteiger partial charge in [0.25, 0.3) is 5.91 Å². The first kappa shape index (κ1) is 17.3. The molecule has 1 amide bonds. The highest BCUT2D eigenvalue weighted by atomic mass is 35.5. The largest absolute Gasteiger partial charge is 0.348 e. The zero-order chi connectivity index (χ0) is 17.0. The molecule has 0 saturated heterocycles. The molecule has 0 aliphatic carbocycles. The van der Waals surface area contributed by atoms with Crippen LogP contribution in [0.3, 0.4) is 0 Å². The fourth-order valence-corrected chi connectivity index (χ4v) is 2.81. The number of rotatable bonds is 5. The Morgan fingerprint density at radius 2 is 1.87 bits per heavy atom. The summed E-state index contributed by atoms with van der Waals surface area (Å²) in [6, 6.07) is 12.1. The molecule has 0 fully saturated rings. The van der Waals surface area contributed by atoms with Crippen LogP contribution in [0.15, 0.2) is 42.5 Å². The van der Waals surface area contributed by atoms with Gasteiger partial charge in [-0.15, -0.1) is 0 Å². The maximum absolute atomic E-state index is 12.3. The van der Waals surface area contributed by atoms with Crippen molar-refractivity contribution >= 4 is 33.2 Å². The lowest BCUT2D eigenvalue weighted by atomic mass is 10.1. The number of benzene rings is 2. The second-order valence-corrected chi connectivity index (χ2v) is 7.33. The Bertz CT molecular complexity index is 835. The van der Waals surface area contributed by atoms with E-state index in [2.05, 4.69) is 10.0 Å². The smallest absolute Gasteiger partial charge is 0.253 e. The quantitative estimate of drug-likeness (QED) is 0.868. The van der Waals surface area contributed by atoms with E-state index in [4.69, 9.17) is 11.6 Å². The number of sulfonamides is 1. The molecule has 2 rings (SSSR count). The second-order valence-electron chi connectivity index (χ2n) is 5.18. The van der Waals surface area contributed by atoms with Crippen LogP contribution in [-0.2, 0) is 16.6 Å². The van der Waals surface area contributed by atoms with Crippen LogP contribution in [0.2, 0.25) is 5.02 Å². The second kappa shape index (κ2) is 7.02. The molecular formula is C16H17ClN2O3S. The summed E-state index contributed by atoms with van der Waals surface area (Å²) in [5.74, 6) is -0.365. The molecule has 0 unspecified atom stereocenters. The Morgan fingerprint density at radius 3 is 2.52 bits per heavy atom. The van der Waals surface area contributed by atoms with E-state index in [0.29, 0.717) is 6.54 Å². The summed E-state index contributed by atoms with van der Waals surface area (Å²) in [7, 11) is -3.42. The Hall–Kier alpha value is -2.05. The molecule has 122 valence electrons. The third kappa shape index (κ3) is 4.97. The first-order valence-electron chi connectivity index (χ1n) is 6.86. The molecule has 7 heteroatoms.